The van der Waals surface area contributed by atoms with Gasteiger partial charge in [-0.15, -0.1) is 0 Å². The van der Waals surface area contributed by atoms with Crippen molar-refractivity contribution in [3.8, 4) is 11.5 Å². The topological polar surface area (TPSA) is 76.2 Å². The summed E-state index contributed by atoms with van der Waals surface area (Å²) in [6, 6.07) is 11.9. The zero-order valence-electron chi connectivity index (χ0n) is 17.6. The van der Waals surface area contributed by atoms with Crippen LogP contribution in [0.3, 0.4) is 0 Å². The molecule has 1 aliphatic heterocycles. The van der Waals surface area contributed by atoms with Gasteiger partial charge in [-0.05, 0) is 48.7 Å². The maximum absolute atomic E-state index is 13.1. The number of amides is 1. The van der Waals surface area contributed by atoms with Crippen molar-refractivity contribution in [3.05, 3.63) is 53.6 Å². The Morgan fingerprint density at radius 2 is 1.67 bits per heavy atom. The number of nitrogens with zero attached hydrogens (tertiary/aromatic N) is 2. The van der Waals surface area contributed by atoms with Gasteiger partial charge in [0.2, 0.25) is 10.0 Å². The standard InChI is InChI=1S/C22H28N2O5S/c1-23(16-17-7-9-18(28-2)10-8-17)22(25)20-15-19(11-12-21(20)29-3)30(26,27)24-13-5-4-6-14-24/h7-12,15H,4-6,13-14,16H2,1-3H3. The van der Waals surface area contributed by atoms with Crippen LogP contribution in [-0.4, -0.2) is 57.9 Å². The van der Waals surface area contributed by atoms with Gasteiger partial charge in [0.1, 0.15) is 11.5 Å². The van der Waals surface area contributed by atoms with Crippen LogP contribution in [0.4, 0.5) is 0 Å². The average molecular weight is 433 g/mol. The van der Waals surface area contributed by atoms with Crippen molar-refractivity contribution in [3.63, 3.8) is 0 Å². The number of carbonyl (C=O) groups is 1. The summed E-state index contributed by atoms with van der Waals surface area (Å²) in [6.07, 6.45) is 2.74. The molecule has 0 bridgehead atoms. The summed E-state index contributed by atoms with van der Waals surface area (Å²) < 4.78 is 38.1. The van der Waals surface area contributed by atoms with Crippen LogP contribution in [0.5, 0.6) is 11.5 Å². The van der Waals surface area contributed by atoms with Crippen molar-refractivity contribution in [1.29, 1.82) is 0 Å². The Bertz CT molecular complexity index is 983. The third-order valence-corrected chi connectivity index (χ3v) is 7.17. The molecule has 0 radical (unpaired) electrons. The lowest BCUT2D eigenvalue weighted by Gasteiger charge is -2.26. The van der Waals surface area contributed by atoms with E-state index in [4.69, 9.17) is 9.47 Å². The molecule has 1 heterocycles. The predicted molar refractivity (Wildman–Crippen MR) is 114 cm³/mol. The monoisotopic (exact) mass is 432 g/mol. The smallest absolute Gasteiger partial charge is 0.257 e. The van der Waals surface area contributed by atoms with E-state index < -0.39 is 10.0 Å². The van der Waals surface area contributed by atoms with Crippen LogP contribution in [0.2, 0.25) is 0 Å². The fourth-order valence-corrected chi connectivity index (χ4v) is 5.10. The van der Waals surface area contributed by atoms with Gasteiger partial charge in [0, 0.05) is 26.7 Å². The van der Waals surface area contributed by atoms with Gasteiger partial charge in [-0.2, -0.15) is 4.31 Å². The van der Waals surface area contributed by atoms with Gasteiger partial charge in [0.25, 0.3) is 5.91 Å². The summed E-state index contributed by atoms with van der Waals surface area (Å²) in [6.45, 7) is 1.39. The molecule has 162 valence electrons. The van der Waals surface area contributed by atoms with Crippen LogP contribution in [-0.2, 0) is 16.6 Å². The van der Waals surface area contributed by atoms with Crippen molar-refractivity contribution in [1.82, 2.24) is 9.21 Å². The van der Waals surface area contributed by atoms with Crippen molar-refractivity contribution in [2.75, 3.05) is 34.4 Å². The van der Waals surface area contributed by atoms with Gasteiger partial charge in [0.05, 0.1) is 24.7 Å². The van der Waals surface area contributed by atoms with Crippen LogP contribution in [0.25, 0.3) is 0 Å². The van der Waals surface area contributed by atoms with E-state index in [9.17, 15) is 13.2 Å². The van der Waals surface area contributed by atoms with E-state index in [0.29, 0.717) is 25.4 Å². The molecule has 8 heteroatoms. The average Bonchev–Trinajstić information content (AvgIpc) is 2.79. The van der Waals surface area contributed by atoms with E-state index in [0.717, 1.165) is 30.6 Å². The second-order valence-electron chi connectivity index (χ2n) is 7.34. The second-order valence-corrected chi connectivity index (χ2v) is 9.27. The summed E-state index contributed by atoms with van der Waals surface area (Å²) in [5, 5.41) is 0. The molecular weight excluding hydrogens is 404 g/mol. The summed E-state index contributed by atoms with van der Waals surface area (Å²) >= 11 is 0. The van der Waals surface area contributed by atoms with Gasteiger partial charge in [0.15, 0.2) is 0 Å². The van der Waals surface area contributed by atoms with Crippen LogP contribution in [0, 0.1) is 0 Å². The first-order valence-corrected chi connectivity index (χ1v) is 11.4. The molecule has 1 fully saturated rings. The minimum atomic E-state index is -3.64. The first-order chi connectivity index (χ1) is 14.4. The van der Waals surface area contributed by atoms with Crippen molar-refractivity contribution < 1.29 is 22.7 Å². The van der Waals surface area contributed by atoms with Gasteiger partial charge in [-0.3, -0.25) is 4.79 Å². The van der Waals surface area contributed by atoms with Crippen LogP contribution >= 0.6 is 0 Å². The number of ether oxygens (including phenoxy) is 2. The Morgan fingerprint density at radius 1 is 1.00 bits per heavy atom. The SMILES string of the molecule is COc1ccc(CN(C)C(=O)c2cc(S(=O)(=O)N3CCCCC3)ccc2OC)cc1. The normalized spacial score (nSPS) is 14.9. The molecule has 0 spiro atoms. The van der Waals surface area contributed by atoms with E-state index in [1.54, 1.807) is 20.2 Å². The molecular formula is C22H28N2O5S. The first kappa shape index (κ1) is 22.1. The minimum Gasteiger partial charge on any atom is -0.497 e. The molecule has 0 aromatic heterocycles. The highest BCUT2D eigenvalue weighted by Crippen LogP contribution is 2.27. The molecule has 0 saturated carbocycles. The third kappa shape index (κ3) is 4.76. The number of piperidine rings is 1. The molecule has 1 aliphatic rings. The van der Waals surface area contributed by atoms with E-state index in [1.807, 2.05) is 24.3 Å². The molecule has 2 aromatic rings. The van der Waals surface area contributed by atoms with Crippen LogP contribution in [0.1, 0.15) is 35.2 Å². The van der Waals surface area contributed by atoms with Crippen molar-refractivity contribution >= 4 is 15.9 Å². The maximum atomic E-state index is 13.1. The quantitative estimate of drug-likeness (QED) is 0.672. The third-order valence-electron chi connectivity index (χ3n) is 5.28. The first-order valence-electron chi connectivity index (χ1n) is 9.93. The Balaban J connectivity index is 1.85. The predicted octanol–water partition coefficient (Wildman–Crippen LogP) is 3.15. The highest BCUT2D eigenvalue weighted by molar-refractivity contribution is 7.89. The zero-order valence-corrected chi connectivity index (χ0v) is 18.4. The Labute approximate surface area is 178 Å². The van der Waals surface area contributed by atoms with Crippen molar-refractivity contribution in [2.45, 2.75) is 30.7 Å². The molecule has 30 heavy (non-hydrogen) atoms. The highest BCUT2D eigenvalue weighted by Gasteiger charge is 2.28. The number of benzene rings is 2. The number of hydrogen-bond acceptors (Lipinski definition) is 5. The molecule has 0 aliphatic carbocycles. The molecule has 1 amide bonds. The molecule has 0 unspecified atom stereocenters. The lowest BCUT2D eigenvalue weighted by Crippen LogP contribution is -2.35. The number of methoxy groups -OCH3 is 2. The number of hydrogen-bond donors (Lipinski definition) is 0. The maximum Gasteiger partial charge on any atom is 0.257 e. The molecule has 7 nitrogen and oxygen atoms in total. The molecule has 0 atom stereocenters. The lowest BCUT2D eigenvalue weighted by atomic mass is 10.1. The summed E-state index contributed by atoms with van der Waals surface area (Å²) in [5.41, 5.74) is 1.16. The van der Waals surface area contributed by atoms with Gasteiger partial charge >= 0.3 is 0 Å². The molecule has 2 aromatic carbocycles. The fourth-order valence-electron chi connectivity index (χ4n) is 3.55. The second kappa shape index (κ2) is 9.49. The van der Waals surface area contributed by atoms with Gasteiger partial charge in [-0.1, -0.05) is 18.6 Å². The molecule has 3 rings (SSSR count). The van der Waals surface area contributed by atoms with E-state index in [2.05, 4.69) is 0 Å². The molecule has 0 N–H and O–H groups in total. The lowest BCUT2D eigenvalue weighted by molar-refractivity contribution is 0.0781. The van der Waals surface area contributed by atoms with E-state index in [1.165, 1.54) is 28.4 Å². The van der Waals surface area contributed by atoms with Gasteiger partial charge in [-0.25, -0.2) is 8.42 Å². The van der Waals surface area contributed by atoms with Crippen LogP contribution < -0.4 is 9.47 Å². The fraction of sp³-hybridized carbons (Fsp3) is 0.409. The number of rotatable bonds is 7. The Hall–Kier alpha value is -2.58. The summed E-state index contributed by atoms with van der Waals surface area (Å²) in [4.78, 5) is 14.8. The Kier molecular flexibility index (Phi) is 6.99. The van der Waals surface area contributed by atoms with E-state index in [-0.39, 0.29) is 16.4 Å². The zero-order chi connectivity index (χ0) is 21.7. The van der Waals surface area contributed by atoms with Crippen LogP contribution in [0.15, 0.2) is 47.4 Å². The highest BCUT2D eigenvalue weighted by atomic mass is 32.2. The summed E-state index contributed by atoms with van der Waals surface area (Å²) in [7, 11) is 1.10. The van der Waals surface area contributed by atoms with Crippen molar-refractivity contribution in [2.24, 2.45) is 0 Å². The minimum absolute atomic E-state index is 0.117. The van der Waals surface area contributed by atoms with Gasteiger partial charge < -0.3 is 14.4 Å². The Morgan fingerprint density at radius 3 is 2.27 bits per heavy atom. The number of sulfonamides is 1. The van der Waals surface area contributed by atoms with E-state index >= 15 is 0 Å². The molecule has 1 saturated heterocycles. The summed E-state index contributed by atoms with van der Waals surface area (Å²) in [5.74, 6) is 0.780. The number of carbonyl (C=O) groups excluding carboxylic acids is 1. The largest absolute Gasteiger partial charge is 0.497 e.